The van der Waals surface area contributed by atoms with Crippen molar-refractivity contribution in [1.82, 2.24) is 0 Å². The lowest BCUT2D eigenvalue weighted by Crippen LogP contribution is -2.41. The van der Waals surface area contributed by atoms with Crippen LogP contribution in [0, 0.1) is 5.41 Å². The number of esters is 2. The van der Waals surface area contributed by atoms with Crippen LogP contribution in [-0.2, 0) is 23.9 Å². The maximum absolute atomic E-state index is 12.2. The van der Waals surface area contributed by atoms with E-state index in [-0.39, 0.29) is 12.0 Å². The fourth-order valence-electron chi connectivity index (χ4n) is 2.93. The molecule has 21 heavy (non-hydrogen) atoms. The fraction of sp³-hybridized carbons (Fsp3) is 0.667. The molecule has 1 aliphatic rings. The van der Waals surface area contributed by atoms with E-state index in [0.29, 0.717) is 31.3 Å². The van der Waals surface area contributed by atoms with E-state index in [1.54, 1.807) is 0 Å². The zero-order valence-corrected chi connectivity index (χ0v) is 12.7. The maximum Gasteiger partial charge on any atom is 0.331 e. The van der Waals surface area contributed by atoms with E-state index < -0.39 is 23.3 Å². The second kappa shape index (κ2) is 7.24. The van der Waals surface area contributed by atoms with E-state index in [4.69, 9.17) is 9.47 Å². The van der Waals surface area contributed by atoms with Gasteiger partial charge in [0, 0.05) is 5.57 Å². The Kier molecular flexibility index (Phi) is 5.93. The Morgan fingerprint density at radius 3 is 2.19 bits per heavy atom. The van der Waals surface area contributed by atoms with Crippen molar-refractivity contribution in [1.29, 1.82) is 0 Å². The van der Waals surface area contributed by atoms with Crippen LogP contribution in [0.4, 0.5) is 0 Å². The highest BCUT2D eigenvalue weighted by molar-refractivity contribution is 6.06. The minimum Gasteiger partial charge on any atom is -0.478 e. The van der Waals surface area contributed by atoms with Crippen molar-refractivity contribution in [3.05, 3.63) is 11.1 Å². The van der Waals surface area contributed by atoms with Crippen LogP contribution in [0.25, 0.3) is 0 Å². The van der Waals surface area contributed by atoms with Crippen LogP contribution in [0.1, 0.15) is 45.4 Å². The number of carbonyl (C=O) groups excluding carboxylic acids is 2. The average molecular weight is 298 g/mol. The number of carbonyl (C=O) groups is 3. The van der Waals surface area contributed by atoms with Crippen molar-refractivity contribution in [3.63, 3.8) is 0 Å². The molecule has 0 bridgehead atoms. The van der Waals surface area contributed by atoms with Crippen molar-refractivity contribution in [2.45, 2.75) is 45.4 Å². The first-order chi connectivity index (χ1) is 9.95. The van der Waals surface area contributed by atoms with Crippen LogP contribution in [0.5, 0.6) is 0 Å². The lowest BCUT2D eigenvalue weighted by molar-refractivity contribution is -0.165. The van der Waals surface area contributed by atoms with Gasteiger partial charge in [-0.2, -0.15) is 0 Å². The van der Waals surface area contributed by atoms with E-state index in [2.05, 4.69) is 0 Å². The molecule has 0 saturated heterocycles. The van der Waals surface area contributed by atoms with Gasteiger partial charge < -0.3 is 14.6 Å². The lowest BCUT2D eigenvalue weighted by Gasteiger charge is -2.26. The van der Waals surface area contributed by atoms with Crippen LogP contribution in [0.3, 0.4) is 0 Å². The average Bonchev–Trinajstić information content (AvgIpc) is 2.91. The minimum atomic E-state index is -1.59. The van der Waals surface area contributed by atoms with Gasteiger partial charge in [0.1, 0.15) is 0 Å². The van der Waals surface area contributed by atoms with Crippen LogP contribution >= 0.6 is 0 Å². The first-order valence-electron chi connectivity index (χ1n) is 7.08. The van der Waals surface area contributed by atoms with Crippen LogP contribution in [-0.4, -0.2) is 37.2 Å². The topological polar surface area (TPSA) is 89.9 Å². The molecule has 0 aromatic rings. The summed E-state index contributed by atoms with van der Waals surface area (Å²) in [6.45, 7) is 1.95. The zero-order chi connectivity index (χ0) is 16.0. The Hall–Kier alpha value is -1.85. The van der Waals surface area contributed by atoms with Gasteiger partial charge in [-0.25, -0.2) is 4.79 Å². The molecule has 1 rings (SSSR count). The summed E-state index contributed by atoms with van der Waals surface area (Å²) < 4.78 is 9.52. The van der Waals surface area contributed by atoms with Gasteiger partial charge in [-0.05, 0) is 37.7 Å². The molecule has 1 aliphatic carbocycles. The first kappa shape index (κ1) is 17.2. The Balaban J connectivity index is 3.43. The fourth-order valence-corrected chi connectivity index (χ4v) is 2.93. The molecule has 0 atom stereocenters. The van der Waals surface area contributed by atoms with Gasteiger partial charge in [-0.1, -0.05) is 13.3 Å². The molecular formula is C15H22O6. The highest BCUT2D eigenvalue weighted by Gasteiger charge is 2.55. The maximum atomic E-state index is 12.2. The molecule has 0 aromatic heterocycles. The normalized spacial score (nSPS) is 19.0. The van der Waals surface area contributed by atoms with Crippen LogP contribution < -0.4 is 0 Å². The summed E-state index contributed by atoms with van der Waals surface area (Å²) in [5.74, 6) is -2.56. The lowest BCUT2D eigenvalue weighted by atomic mass is 9.79. The molecule has 1 N–H and O–H groups in total. The summed E-state index contributed by atoms with van der Waals surface area (Å²) in [7, 11) is 2.38. The molecular weight excluding hydrogens is 276 g/mol. The quantitative estimate of drug-likeness (QED) is 0.458. The standard InChI is InChI=1S/C15H22O6/c1-4-5-7-10(12(16)17)11-8-6-9-15(11,13(18)20-2)14(19)21-3/h4-9H2,1-3H3,(H,16,17)/b11-10+. The van der Waals surface area contributed by atoms with Crippen molar-refractivity contribution < 1.29 is 29.0 Å². The summed E-state index contributed by atoms with van der Waals surface area (Å²) in [6.07, 6.45) is 3.02. The number of unbranched alkanes of at least 4 members (excludes halogenated alkanes) is 1. The predicted octanol–water partition coefficient (Wildman–Crippen LogP) is 2.07. The summed E-state index contributed by atoms with van der Waals surface area (Å²) in [6, 6.07) is 0. The second-order valence-corrected chi connectivity index (χ2v) is 5.11. The molecule has 0 aromatic carbocycles. The smallest absolute Gasteiger partial charge is 0.331 e. The van der Waals surface area contributed by atoms with E-state index in [1.165, 1.54) is 14.2 Å². The SMILES string of the molecule is CCCC/C(C(=O)O)=C1/CCCC1(C(=O)OC)C(=O)OC. The summed E-state index contributed by atoms with van der Waals surface area (Å²) >= 11 is 0. The third-order valence-corrected chi connectivity index (χ3v) is 3.96. The summed E-state index contributed by atoms with van der Waals surface area (Å²) in [5, 5.41) is 9.44. The summed E-state index contributed by atoms with van der Waals surface area (Å²) in [4.78, 5) is 35.9. The van der Waals surface area contributed by atoms with Gasteiger partial charge in [0.2, 0.25) is 0 Å². The highest BCUT2D eigenvalue weighted by Crippen LogP contribution is 2.47. The minimum absolute atomic E-state index is 0.144. The molecule has 1 fully saturated rings. The second-order valence-electron chi connectivity index (χ2n) is 5.11. The number of carboxylic acids is 1. The molecule has 118 valence electrons. The van der Waals surface area contributed by atoms with Gasteiger partial charge >= 0.3 is 17.9 Å². The van der Waals surface area contributed by atoms with Gasteiger partial charge in [0.15, 0.2) is 5.41 Å². The van der Waals surface area contributed by atoms with Crippen molar-refractivity contribution >= 4 is 17.9 Å². The molecule has 0 aliphatic heterocycles. The number of ether oxygens (including phenoxy) is 2. The molecule has 0 amide bonds. The molecule has 6 nitrogen and oxygen atoms in total. The van der Waals surface area contributed by atoms with Gasteiger partial charge in [-0.3, -0.25) is 9.59 Å². The molecule has 0 spiro atoms. The zero-order valence-electron chi connectivity index (χ0n) is 12.7. The molecule has 0 radical (unpaired) electrons. The number of aliphatic carboxylic acids is 1. The predicted molar refractivity (Wildman–Crippen MR) is 74.5 cm³/mol. The van der Waals surface area contributed by atoms with Crippen molar-refractivity contribution in [2.24, 2.45) is 5.41 Å². The third kappa shape index (κ3) is 3.09. The van der Waals surface area contributed by atoms with Gasteiger partial charge in [-0.15, -0.1) is 0 Å². The van der Waals surface area contributed by atoms with E-state index in [1.807, 2.05) is 6.92 Å². The van der Waals surface area contributed by atoms with Crippen LogP contribution in [0.15, 0.2) is 11.1 Å². The molecule has 0 unspecified atom stereocenters. The Morgan fingerprint density at radius 2 is 1.76 bits per heavy atom. The van der Waals surface area contributed by atoms with Crippen molar-refractivity contribution in [3.8, 4) is 0 Å². The number of hydrogen-bond acceptors (Lipinski definition) is 5. The Labute approximate surface area is 124 Å². The van der Waals surface area contributed by atoms with E-state index in [9.17, 15) is 19.5 Å². The number of hydrogen-bond donors (Lipinski definition) is 1. The molecule has 6 heteroatoms. The molecule has 0 heterocycles. The largest absolute Gasteiger partial charge is 0.478 e. The van der Waals surface area contributed by atoms with Gasteiger partial charge in [0.25, 0.3) is 0 Å². The Morgan fingerprint density at radius 1 is 1.19 bits per heavy atom. The Bertz CT molecular complexity index is 447. The first-order valence-corrected chi connectivity index (χ1v) is 7.08. The third-order valence-electron chi connectivity index (χ3n) is 3.96. The van der Waals surface area contributed by atoms with E-state index >= 15 is 0 Å². The summed E-state index contributed by atoms with van der Waals surface area (Å²) in [5.41, 5.74) is -1.10. The number of rotatable bonds is 6. The molecule has 1 saturated carbocycles. The van der Waals surface area contributed by atoms with Crippen molar-refractivity contribution in [2.75, 3.05) is 14.2 Å². The van der Waals surface area contributed by atoms with Gasteiger partial charge in [0.05, 0.1) is 14.2 Å². The van der Waals surface area contributed by atoms with E-state index in [0.717, 1.165) is 6.42 Å². The van der Waals surface area contributed by atoms with Crippen LogP contribution in [0.2, 0.25) is 0 Å². The monoisotopic (exact) mass is 298 g/mol. The number of methoxy groups -OCH3 is 2. The number of carboxylic acid groups (broad SMARTS) is 1. The highest BCUT2D eigenvalue weighted by atomic mass is 16.5.